The van der Waals surface area contributed by atoms with Crippen molar-refractivity contribution >= 4 is 23.7 Å². The lowest BCUT2D eigenvalue weighted by atomic mass is 9.82. The van der Waals surface area contributed by atoms with Gasteiger partial charge in [0.05, 0.1) is 5.56 Å². The Kier molecular flexibility index (Phi) is 7.21. The van der Waals surface area contributed by atoms with Crippen LogP contribution in [0.15, 0.2) is 11.5 Å². The van der Waals surface area contributed by atoms with Crippen LogP contribution in [0.25, 0.3) is 0 Å². The fraction of sp³-hybridized carbons (Fsp3) is 0.650. The first-order chi connectivity index (χ1) is 15.0. The number of thioether (sulfide) groups is 1. The van der Waals surface area contributed by atoms with Gasteiger partial charge in [0.2, 0.25) is 11.8 Å². The van der Waals surface area contributed by atoms with Crippen LogP contribution in [-0.4, -0.2) is 48.6 Å². The van der Waals surface area contributed by atoms with Crippen LogP contribution in [0.5, 0.6) is 5.88 Å². The molecule has 0 bridgehead atoms. The van der Waals surface area contributed by atoms with Crippen molar-refractivity contribution in [3.05, 3.63) is 17.7 Å². The summed E-state index contributed by atoms with van der Waals surface area (Å²) >= 11 is 1.27. The molecule has 0 saturated heterocycles. The highest BCUT2D eigenvalue weighted by Crippen LogP contribution is 2.45. The number of ether oxygens (including phenoxy) is 2. The number of nitrogens with one attached hydrogen (secondary N) is 1. The van der Waals surface area contributed by atoms with Crippen molar-refractivity contribution in [2.24, 2.45) is 7.05 Å². The van der Waals surface area contributed by atoms with Gasteiger partial charge in [-0.25, -0.2) is 23.5 Å². The SMILES string of the molecule is CSc1nc(NC(=O)OC(C)(C)C)c(C2CCC(F)(F)CC2)c(OCc2ncn(C)n2)n1. The van der Waals surface area contributed by atoms with E-state index >= 15 is 0 Å². The van der Waals surface area contributed by atoms with E-state index in [1.807, 2.05) is 0 Å². The molecule has 1 N–H and O–H groups in total. The van der Waals surface area contributed by atoms with Crippen LogP contribution in [0.4, 0.5) is 19.4 Å². The topological polar surface area (TPSA) is 104 Å². The van der Waals surface area contributed by atoms with Crippen molar-refractivity contribution < 1.29 is 23.0 Å². The summed E-state index contributed by atoms with van der Waals surface area (Å²) in [7, 11) is 1.74. The Balaban J connectivity index is 1.95. The third-order valence-corrected chi connectivity index (χ3v) is 5.35. The summed E-state index contributed by atoms with van der Waals surface area (Å²) in [4.78, 5) is 25.5. The zero-order valence-electron chi connectivity index (χ0n) is 18.8. The van der Waals surface area contributed by atoms with E-state index in [0.29, 0.717) is 16.5 Å². The molecule has 1 aliphatic rings. The predicted molar refractivity (Wildman–Crippen MR) is 115 cm³/mol. The van der Waals surface area contributed by atoms with E-state index in [4.69, 9.17) is 9.47 Å². The van der Waals surface area contributed by atoms with E-state index in [1.54, 1.807) is 45.1 Å². The molecule has 0 unspecified atom stereocenters. The van der Waals surface area contributed by atoms with Gasteiger partial charge in [0.15, 0.2) is 17.6 Å². The van der Waals surface area contributed by atoms with E-state index in [1.165, 1.54) is 11.8 Å². The number of aromatic nitrogens is 5. The number of rotatable bonds is 6. The quantitative estimate of drug-likeness (QED) is 0.485. The van der Waals surface area contributed by atoms with Gasteiger partial charge >= 0.3 is 6.09 Å². The monoisotopic (exact) mass is 470 g/mol. The average Bonchev–Trinajstić information content (AvgIpc) is 3.10. The van der Waals surface area contributed by atoms with Crippen molar-refractivity contribution in [1.29, 1.82) is 0 Å². The lowest BCUT2D eigenvalue weighted by Crippen LogP contribution is -2.29. The first-order valence-electron chi connectivity index (χ1n) is 10.3. The van der Waals surface area contributed by atoms with Gasteiger partial charge in [-0.2, -0.15) is 10.1 Å². The number of halogens is 2. The maximum absolute atomic E-state index is 13.8. The second kappa shape index (κ2) is 9.55. The first-order valence-corrected chi connectivity index (χ1v) is 11.5. The number of nitrogens with zero attached hydrogens (tertiary/aromatic N) is 5. The Morgan fingerprint density at radius 2 is 2.00 bits per heavy atom. The Hall–Kier alpha value is -2.50. The summed E-state index contributed by atoms with van der Waals surface area (Å²) in [5.41, 5.74) is -0.226. The van der Waals surface area contributed by atoms with Crippen molar-refractivity contribution in [3.8, 4) is 5.88 Å². The summed E-state index contributed by atoms with van der Waals surface area (Å²) in [5, 5.41) is 7.22. The van der Waals surface area contributed by atoms with Gasteiger partial charge in [0.25, 0.3) is 0 Å². The fourth-order valence-corrected chi connectivity index (χ4v) is 3.76. The van der Waals surface area contributed by atoms with Crippen LogP contribution in [0.1, 0.15) is 63.8 Å². The third-order valence-electron chi connectivity index (χ3n) is 4.80. The van der Waals surface area contributed by atoms with Crippen molar-refractivity contribution in [1.82, 2.24) is 24.7 Å². The lowest BCUT2D eigenvalue weighted by Gasteiger charge is -2.30. The molecule has 1 fully saturated rings. The van der Waals surface area contributed by atoms with Gasteiger partial charge in [0, 0.05) is 19.9 Å². The summed E-state index contributed by atoms with van der Waals surface area (Å²) in [6.07, 6.45) is 2.57. The van der Waals surface area contributed by atoms with Crippen LogP contribution < -0.4 is 10.1 Å². The maximum atomic E-state index is 13.8. The van der Waals surface area contributed by atoms with E-state index in [0.717, 1.165) is 0 Å². The highest BCUT2D eigenvalue weighted by molar-refractivity contribution is 7.98. The number of amides is 1. The average molecular weight is 471 g/mol. The number of alkyl halides is 2. The largest absolute Gasteiger partial charge is 0.469 e. The molecule has 0 aromatic carbocycles. The highest BCUT2D eigenvalue weighted by Gasteiger charge is 2.38. The van der Waals surface area contributed by atoms with Gasteiger partial charge in [-0.3, -0.25) is 10.00 Å². The molecule has 0 atom stereocenters. The normalized spacial score (nSPS) is 16.6. The number of carbonyl (C=O) groups is 1. The van der Waals surface area contributed by atoms with E-state index in [9.17, 15) is 13.6 Å². The minimum absolute atomic E-state index is 0.0352. The summed E-state index contributed by atoms with van der Waals surface area (Å²) in [6.45, 7) is 5.28. The molecule has 32 heavy (non-hydrogen) atoms. The van der Waals surface area contributed by atoms with E-state index in [2.05, 4.69) is 25.4 Å². The van der Waals surface area contributed by atoms with Crippen LogP contribution >= 0.6 is 11.8 Å². The van der Waals surface area contributed by atoms with Crippen molar-refractivity contribution in [2.75, 3.05) is 11.6 Å². The zero-order valence-corrected chi connectivity index (χ0v) is 19.6. The minimum Gasteiger partial charge on any atom is -0.469 e. The van der Waals surface area contributed by atoms with Gasteiger partial charge in [-0.05, 0) is 45.8 Å². The predicted octanol–water partition coefficient (Wildman–Crippen LogP) is 4.55. The molecule has 2 heterocycles. The molecule has 0 radical (unpaired) electrons. The molecule has 3 rings (SSSR count). The second-order valence-corrected chi connectivity index (χ2v) is 9.43. The molecule has 0 spiro atoms. The molecule has 1 saturated carbocycles. The number of hydrogen-bond acceptors (Lipinski definition) is 8. The molecular weight excluding hydrogens is 442 g/mol. The molecule has 2 aromatic rings. The molecule has 176 valence electrons. The molecule has 12 heteroatoms. The number of aryl methyl sites for hydroxylation is 1. The van der Waals surface area contributed by atoms with Crippen molar-refractivity contribution in [2.45, 2.75) is 75.7 Å². The molecule has 1 aliphatic carbocycles. The first kappa shape index (κ1) is 24.1. The Morgan fingerprint density at radius 1 is 1.31 bits per heavy atom. The van der Waals surface area contributed by atoms with Crippen LogP contribution in [0, 0.1) is 0 Å². The fourth-order valence-electron chi connectivity index (χ4n) is 3.41. The van der Waals surface area contributed by atoms with E-state index in [-0.39, 0.29) is 49.9 Å². The van der Waals surface area contributed by atoms with Gasteiger partial charge in [-0.1, -0.05) is 11.8 Å². The summed E-state index contributed by atoms with van der Waals surface area (Å²) in [6, 6.07) is 0. The molecule has 9 nitrogen and oxygen atoms in total. The Labute approximate surface area is 189 Å². The number of hydrogen-bond donors (Lipinski definition) is 1. The molecule has 1 amide bonds. The summed E-state index contributed by atoms with van der Waals surface area (Å²) < 4.78 is 40.4. The van der Waals surface area contributed by atoms with Gasteiger partial charge < -0.3 is 9.47 Å². The van der Waals surface area contributed by atoms with Crippen LogP contribution in [0.2, 0.25) is 0 Å². The number of carbonyl (C=O) groups excluding carboxylic acids is 1. The maximum Gasteiger partial charge on any atom is 0.413 e. The Bertz CT molecular complexity index is 953. The van der Waals surface area contributed by atoms with Gasteiger partial charge in [0.1, 0.15) is 17.7 Å². The molecule has 0 aliphatic heterocycles. The smallest absolute Gasteiger partial charge is 0.413 e. The van der Waals surface area contributed by atoms with Gasteiger partial charge in [-0.15, -0.1) is 0 Å². The van der Waals surface area contributed by atoms with Crippen LogP contribution in [0.3, 0.4) is 0 Å². The van der Waals surface area contributed by atoms with Crippen molar-refractivity contribution in [3.63, 3.8) is 0 Å². The lowest BCUT2D eigenvalue weighted by molar-refractivity contribution is -0.0384. The highest BCUT2D eigenvalue weighted by atomic mass is 32.2. The third kappa shape index (κ3) is 6.50. The Morgan fingerprint density at radius 3 is 2.56 bits per heavy atom. The second-order valence-electron chi connectivity index (χ2n) is 8.66. The molecule has 2 aromatic heterocycles. The molecular formula is C20H28F2N6O3S. The standard InChI is InChI=1S/C20H28F2N6O3S/c1-19(2,3)31-18(29)25-15-14(12-6-8-20(21,22)9-7-12)16(26-17(24-15)32-5)30-10-13-23-11-28(4)27-13/h11-12H,6-10H2,1-5H3,(H,24,25,26,29). The summed E-state index contributed by atoms with van der Waals surface area (Å²) in [5.74, 6) is -2.13. The van der Waals surface area contributed by atoms with Crippen LogP contribution in [-0.2, 0) is 18.4 Å². The zero-order chi connectivity index (χ0) is 23.5. The minimum atomic E-state index is -2.70. The number of anilines is 1. The van der Waals surface area contributed by atoms with E-state index < -0.39 is 17.6 Å².